The summed E-state index contributed by atoms with van der Waals surface area (Å²) in [5.41, 5.74) is 1.92. The summed E-state index contributed by atoms with van der Waals surface area (Å²) in [5.74, 6) is 1.12. The van der Waals surface area contributed by atoms with Gasteiger partial charge in [0.1, 0.15) is 11.8 Å². The maximum Gasteiger partial charge on any atom is 0.245 e. The number of fused-ring (bicyclic) bond motifs is 1. The van der Waals surface area contributed by atoms with E-state index in [2.05, 4.69) is 9.88 Å². The fourth-order valence-electron chi connectivity index (χ4n) is 3.42. The topological polar surface area (TPSA) is 54.5 Å². The van der Waals surface area contributed by atoms with Crippen LogP contribution in [0.5, 0.6) is 0 Å². The molecule has 25 heavy (non-hydrogen) atoms. The molecule has 6 heteroatoms. The van der Waals surface area contributed by atoms with Crippen molar-refractivity contribution >= 4 is 16.9 Å². The van der Waals surface area contributed by atoms with Crippen LogP contribution in [0.4, 0.5) is 0 Å². The van der Waals surface area contributed by atoms with Gasteiger partial charge in [-0.2, -0.15) is 0 Å². The van der Waals surface area contributed by atoms with Crippen molar-refractivity contribution in [3.8, 4) is 0 Å². The number of hydrogen-bond donors (Lipinski definition) is 0. The lowest BCUT2D eigenvalue weighted by Gasteiger charge is -2.35. The molecule has 1 aliphatic heterocycles. The van der Waals surface area contributed by atoms with Crippen molar-refractivity contribution in [2.24, 2.45) is 0 Å². The third kappa shape index (κ3) is 3.17. The first-order valence-electron chi connectivity index (χ1n) is 8.67. The maximum atomic E-state index is 12.9. The summed E-state index contributed by atoms with van der Waals surface area (Å²) in [6.07, 6.45) is 3.46. The minimum Gasteiger partial charge on any atom is -0.468 e. The van der Waals surface area contributed by atoms with E-state index in [0.29, 0.717) is 0 Å². The first-order chi connectivity index (χ1) is 12.2. The zero-order valence-corrected chi connectivity index (χ0v) is 14.3. The van der Waals surface area contributed by atoms with Crippen LogP contribution in [0.15, 0.2) is 53.4 Å². The maximum absolute atomic E-state index is 12.9. The van der Waals surface area contributed by atoms with Gasteiger partial charge in [0.15, 0.2) is 0 Å². The molecule has 0 saturated carbocycles. The van der Waals surface area contributed by atoms with Crippen LogP contribution in [0.2, 0.25) is 0 Å². The Kier molecular flexibility index (Phi) is 4.28. The van der Waals surface area contributed by atoms with Crippen molar-refractivity contribution in [2.75, 3.05) is 26.2 Å². The molecule has 0 spiro atoms. The quantitative estimate of drug-likeness (QED) is 0.733. The van der Waals surface area contributed by atoms with Crippen LogP contribution in [0.25, 0.3) is 11.0 Å². The van der Waals surface area contributed by atoms with Crippen molar-refractivity contribution in [1.29, 1.82) is 0 Å². The second-order valence-electron chi connectivity index (χ2n) is 6.50. The van der Waals surface area contributed by atoms with Crippen molar-refractivity contribution in [1.82, 2.24) is 19.4 Å². The molecule has 130 valence electrons. The monoisotopic (exact) mass is 338 g/mol. The molecule has 1 aromatic carbocycles. The molecular formula is C19H22N4O2. The highest BCUT2D eigenvalue weighted by Gasteiger charge is 2.26. The molecule has 0 N–H and O–H groups in total. The Labute approximate surface area is 146 Å². The number of aromatic nitrogens is 2. The highest BCUT2D eigenvalue weighted by molar-refractivity contribution is 5.83. The molecule has 0 radical (unpaired) electrons. The molecule has 4 rings (SSSR count). The van der Waals surface area contributed by atoms with Gasteiger partial charge in [0.2, 0.25) is 5.91 Å². The molecule has 1 atom stereocenters. The van der Waals surface area contributed by atoms with E-state index in [-0.39, 0.29) is 11.9 Å². The standard InChI is InChI=1S/C19H22N4O2/c1-15(23-14-20-17-6-2-3-7-18(17)23)19(24)22-10-8-21(9-11-22)13-16-5-4-12-25-16/h2-7,12,14-15H,8-11,13H2,1H3. The second-order valence-corrected chi connectivity index (χ2v) is 6.50. The largest absolute Gasteiger partial charge is 0.468 e. The molecule has 3 aromatic rings. The van der Waals surface area contributed by atoms with Crippen molar-refractivity contribution in [3.63, 3.8) is 0 Å². The number of imidazole rings is 1. The average Bonchev–Trinajstić information content (AvgIpc) is 3.31. The average molecular weight is 338 g/mol. The van der Waals surface area contributed by atoms with Crippen LogP contribution in [-0.2, 0) is 11.3 Å². The SMILES string of the molecule is CC(C(=O)N1CCN(Cc2ccco2)CC1)n1cnc2ccccc21. The first-order valence-corrected chi connectivity index (χ1v) is 8.67. The highest BCUT2D eigenvalue weighted by atomic mass is 16.3. The third-order valence-electron chi connectivity index (χ3n) is 4.90. The van der Waals surface area contributed by atoms with Crippen LogP contribution >= 0.6 is 0 Å². The van der Waals surface area contributed by atoms with Crippen LogP contribution < -0.4 is 0 Å². The van der Waals surface area contributed by atoms with E-state index in [0.717, 1.165) is 49.5 Å². The number of benzene rings is 1. The summed E-state index contributed by atoms with van der Waals surface area (Å²) < 4.78 is 7.37. The van der Waals surface area contributed by atoms with Gasteiger partial charge in [-0.3, -0.25) is 9.69 Å². The Hall–Kier alpha value is -2.60. The van der Waals surface area contributed by atoms with E-state index in [1.54, 1.807) is 12.6 Å². The van der Waals surface area contributed by atoms with Gasteiger partial charge in [0, 0.05) is 26.2 Å². The lowest BCUT2D eigenvalue weighted by Crippen LogP contribution is -2.49. The molecule has 3 heterocycles. The minimum atomic E-state index is -0.246. The lowest BCUT2D eigenvalue weighted by atomic mass is 10.2. The van der Waals surface area contributed by atoms with Crippen LogP contribution in [0, 0.1) is 0 Å². The van der Waals surface area contributed by atoms with Crippen LogP contribution in [0.3, 0.4) is 0 Å². The Morgan fingerprint density at radius 3 is 2.72 bits per heavy atom. The zero-order valence-electron chi connectivity index (χ0n) is 14.3. The van der Waals surface area contributed by atoms with Crippen molar-refractivity contribution < 1.29 is 9.21 Å². The fourth-order valence-corrected chi connectivity index (χ4v) is 3.42. The molecule has 1 aliphatic rings. The number of para-hydroxylation sites is 2. The van der Waals surface area contributed by atoms with E-state index in [4.69, 9.17) is 4.42 Å². The Bertz CT molecular complexity index is 847. The Morgan fingerprint density at radius 2 is 1.96 bits per heavy atom. The Balaban J connectivity index is 1.40. The third-order valence-corrected chi connectivity index (χ3v) is 4.90. The molecular weight excluding hydrogens is 316 g/mol. The molecule has 1 saturated heterocycles. The summed E-state index contributed by atoms with van der Waals surface area (Å²) in [4.78, 5) is 21.6. The van der Waals surface area contributed by atoms with Gasteiger partial charge >= 0.3 is 0 Å². The lowest BCUT2D eigenvalue weighted by molar-refractivity contribution is -0.136. The van der Waals surface area contributed by atoms with E-state index in [9.17, 15) is 4.79 Å². The van der Waals surface area contributed by atoms with Gasteiger partial charge in [-0.25, -0.2) is 4.98 Å². The number of rotatable bonds is 4. The first kappa shape index (κ1) is 15.9. The van der Waals surface area contributed by atoms with Gasteiger partial charge < -0.3 is 13.9 Å². The van der Waals surface area contributed by atoms with Crippen LogP contribution in [-0.4, -0.2) is 51.4 Å². The van der Waals surface area contributed by atoms with Crippen molar-refractivity contribution in [2.45, 2.75) is 19.5 Å². The summed E-state index contributed by atoms with van der Waals surface area (Å²) in [6.45, 7) is 5.98. The molecule has 1 unspecified atom stereocenters. The number of hydrogen-bond acceptors (Lipinski definition) is 4. The van der Waals surface area contributed by atoms with E-state index in [1.807, 2.05) is 52.8 Å². The number of carbonyl (C=O) groups is 1. The predicted octanol–water partition coefficient (Wildman–Crippen LogP) is 2.53. The number of carbonyl (C=O) groups excluding carboxylic acids is 1. The van der Waals surface area contributed by atoms with E-state index >= 15 is 0 Å². The van der Waals surface area contributed by atoms with Gasteiger partial charge in [-0.05, 0) is 31.2 Å². The summed E-state index contributed by atoms with van der Waals surface area (Å²) >= 11 is 0. The second kappa shape index (κ2) is 6.72. The predicted molar refractivity (Wildman–Crippen MR) is 95.0 cm³/mol. The smallest absolute Gasteiger partial charge is 0.245 e. The van der Waals surface area contributed by atoms with Crippen LogP contribution in [0.1, 0.15) is 18.7 Å². The zero-order chi connectivity index (χ0) is 17.2. The van der Waals surface area contributed by atoms with E-state index < -0.39 is 0 Å². The summed E-state index contributed by atoms with van der Waals surface area (Å²) in [6, 6.07) is 11.6. The number of amides is 1. The number of nitrogens with zero attached hydrogens (tertiary/aromatic N) is 4. The van der Waals surface area contributed by atoms with E-state index in [1.165, 1.54) is 0 Å². The summed E-state index contributed by atoms with van der Waals surface area (Å²) in [7, 11) is 0. The van der Waals surface area contributed by atoms with Gasteiger partial charge in [-0.1, -0.05) is 12.1 Å². The fraction of sp³-hybridized carbons (Fsp3) is 0.368. The number of piperazine rings is 1. The molecule has 1 fully saturated rings. The molecule has 2 aromatic heterocycles. The van der Waals surface area contributed by atoms with Gasteiger partial charge in [0.25, 0.3) is 0 Å². The molecule has 0 aliphatic carbocycles. The Morgan fingerprint density at radius 1 is 1.16 bits per heavy atom. The summed E-state index contributed by atoms with van der Waals surface area (Å²) in [5, 5.41) is 0. The number of furan rings is 1. The van der Waals surface area contributed by atoms with Crippen molar-refractivity contribution in [3.05, 3.63) is 54.7 Å². The van der Waals surface area contributed by atoms with Gasteiger partial charge in [0.05, 0.1) is 30.2 Å². The molecule has 0 bridgehead atoms. The molecule has 1 amide bonds. The minimum absolute atomic E-state index is 0.154. The normalized spacial score (nSPS) is 17.1. The highest BCUT2D eigenvalue weighted by Crippen LogP contribution is 2.20. The van der Waals surface area contributed by atoms with Gasteiger partial charge in [-0.15, -0.1) is 0 Å². The molecule has 6 nitrogen and oxygen atoms in total.